The summed E-state index contributed by atoms with van der Waals surface area (Å²) < 4.78 is 5.20. The molecule has 21 heavy (non-hydrogen) atoms. The van der Waals surface area contributed by atoms with Gasteiger partial charge in [0.1, 0.15) is 5.41 Å². The van der Waals surface area contributed by atoms with E-state index >= 15 is 0 Å². The highest BCUT2D eigenvalue weighted by Crippen LogP contribution is 2.29. The molecule has 2 rings (SSSR count). The van der Waals surface area contributed by atoms with E-state index in [0.717, 1.165) is 0 Å². The van der Waals surface area contributed by atoms with Gasteiger partial charge in [-0.1, -0.05) is 0 Å². The van der Waals surface area contributed by atoms with Gasteiger partial charge < -0.3 is 25.8 Å². The van der Waals surface area contributed by atoms with Crippen molar-refractivity contribution in [1.82, 2.24) is 10.2 Å². The molecule has 2 atom stereocenters. The standard InChI is InChI=1S/C13H21N3O5/c1-13(11(18)19)7-21-6-9(13)15-12(20)16-4-2-8(3-5-16)10(14)17/h8-9H,2-7H2,1H3,(H2,14,17)(H,15,20)(H,18,19). The van der Waals surface area contributed by atoms with Gasteiger partial charge in [-0.2, -0.15) is 0 Å². The molecule has 2 heterocycles. The van der Waals surface area contributed by atoms with Crippen molar-refractivity contribution in [3.05, 3.63) is 0 Å². The van der Waals surface area contributed by atoms with Crippen molar-refractivity contribution < 1.29 is 24.2 Å². The maximum Gasteiger partial charge on any atom is 0.317 e. The molecule has 2 unspecified atom stereocenters. The van der Waals surface area contributed by atoms with Gasteiger partial charge in [0.25, 0.3) is 0 Å². The molecule has 0 bridgehead atoms. The topological polar surface area (TPSA) is 122 Å². The first-order valence-corrected chi connectivity index (χ1v) is 7.00. The zero-order valence-corrected chi connectivity index (χ0v) is 12.0. The molecule has 8 nitrogen and oxygen atoms in total. The molecule has 0 aromatic heterocycles. The summed E-state index contributed by atoms with van der Waals surface area (Å²) in [5, 5.41) is 12.0. The molecular weight excluding hydrogens is 278 g/mol. The normalized spacial score (nSPS) is 30.1. The Morgan fingerprint density at radius 3 is 2.48 bits per heavy atom. The maximum absolute atomic E-state index is 12.2. The summed E-state index contributed by atoms with van der Waals surface area (Å²) in [4.78, 5) is 36.2. The Morgan fingerprint density at radius 1 is 1.33 bits per heavy atom. The number of primary amides is 1. The van der Waals surface area contributed by atoms with Crippen LogP contribution in [0.3, 0.4) is 0 Å². The molecule has 118 valence electrons. The molecule has 0 aromatic carbocycles. The lowest BCUT2D eigenvalue weighted by atomic mass is 9.85. The highest BCUT2D eigenvalue weighted by Gasteiger charge is 2.47. The van der Waals surface area contributed by atoms with E-state index in [4.69, 9.17) is 10.5 Å². The average Bonchev–Trinajstić information content (AvgIpc) is 2.81. The second-order valence-electron chi connectivity index (χ2n) is 5.90. The van der Waals surface area contributed by atoms with Crippen LogP contribution in [-0.4, -0.2) is 60.3 Å². The number of nitrogens with zero attached hydrogens (tertiary/aromatic N) is 1. The molecule has 2 saturated heterocycles. The third kappa shape index (κ3) is 3.10. The van der Waals surface area contributed by atoms with Crippen LogP contribution < -0.4 is 11.1 Å². The quantitative estimate of drug-likeness (QED) is 0.641. The van der Waals surface area contributed by atoms with Gasteiger partial charge in [-0.3, -0.25) is 9.59 Å². The zero-order valence-electron chi connectivity index (χ0n) is 12.0. The highest BCUT2D eigenvalue weighted by molar-refractivity contribution is 5.80. The fourth-order valence-corrected chi connectivity index (χ4v) is 2.69. The Labute approximate surface area is 122 Å². The highest BCUT2D eigenvalue weighted by atomic mass is 16.5. The van der Waals surface area contributed by atoms with Crippen molar-refractivity contribution in [3.63, 3.8) is 0 Å². The maximum atomic E-state index is 12.2. The van der Waals surface area contributed by atoms with Gasteiger partial charge in [0.2, 0.25) is 5.91 Å². The van der Waals surface area contributed by atoms with Crippen LogP contribution in [0.4, 0.5) is 4.79 Å². The molecule has 8 heteroatoms. The largest absolute Gasteiger partial charge is 0.481 e. The van der Waals surface area contributed by atoms with E-state index in [9.17, 15) is 19.5 Å². The van der Waals surface area contributed by atoms with Gasteiger partial charge in [0, 0.05) is 19.0 Å². The number of carbonyl (C=O) groups is 3. The predicted molar refractivity (Wildman–Crippen MR) is 72.4 cm³/mol. The summed E-state index contributed by atoms with van der Waals surface area (Å²) in [5.74, 6) is -1.51. The minimum absolute atomic E-state index is 0.0804. The van der Waals surface area contributed by atoms with Crippen molar-refractivity contribution in [2.45, 2.75) is 25.8 Å². The van der Waals surface area contributed by atoms with Crippen LogP contribution in [0, 0.1) is 11.3 Å². The number of aliphatic carboxylic acids is 1. The number of carboxylic acid groups (broad SMARTS) is 1. The van der Waals surface area contributed by atoms with Crippen molar-refractivity contribution in [2.24, 2.45) is 17.1 Å². The second kappa shape index (κ2) is 5.88. The van der Waals surface area contributed by atoms with Gasteiger partial charge in [0.05, 0.1) is 19.3 Å². The van der Waals surface area contributed by atoms with Crippen molar-refractivity contribution in [3.8, 4) is 0 Å². The van der Waals surface area contributed by atoms with E-state index in [1.165, 1.54) is 0 Å². The summed E-state index contributed by atoms with van der Waals surface area (Å²) in [6.07, 6.45) is 1.08. The minimum atomic E-state index is -1.11. The van der Waals surface area contributed by atoms with Crippen LogP contribution in [0.2, 0.25) is 0 Å². The third-order valence-corrected chi connectivity index (χ3v) is 4.43. The fraction of sp³-hybridized carbons (Fsp3) is 0.769. The molecule has 3 amide bonds. The Hall–Kier alpha value is -1.83. The van der Waals surface area contributed by atoms with Gasteiger partial charge in [-0.15, -0.1) is 0 Å². The first-order valence-electron chi connectivity index (χ1n) is 7.00. The number of hydrogen-bond donors (Lipinski definition) is 3. The van der Waals surface area contributed by atoms with Gasteiger partial charge in [-0.25, -0.2) is 4.79 Å². The van der Waals surface area contributed by atoms with Crippen LogP contribution in [-0.2, 0) is 14.3 Å². The lowest BCUT2D eigenvalue weighted by molar-refractivity contribution is -0.148. The first kappa shape index (κ1) is 15.6. The monoisotopic (exact) mass is 299 g/mol. The number of nitrogens with one attached hydrogen (secondary N) is 1. The second-order valence-corrected chi connectivity index (χ2v) is 5.90. The number of ether oxygens (including phenoxy) is 1. The van der Waals surface area contributed by atoms with Crippen LogP contribution in [0.25, 0.3) is 0 Å². The number of urea groups is 1. The predicted octanol–water partition coefficient (Wildman–Crippen LogP) is -0.617. The number of carbonyl (C=O) groups excluding carboxylic acids is 2. The number of likely N-dealkylation sites (tertiary alicyclic amines) is 1. The number of rotatable bonds is 3. The van der Waals surface area contributed by atoms with E-state index in [-0.39, 0.29) is 31.1 Å². The average molecular weight is 299 g/mol. The van der Waals surface area contributed by atoms with E-state index in [1.54, 1.807) is 11.8 Å². The van der Waals surface area contributed by atoms with Crippen molar-refractivity contribution in [2.75, 3.05) is 26.3 Å². The summed E-state index contributed by atoms with van der Waals surface area (Å²) >= 11 is 0. The van der Waals surface area contributed by atoms with Crippen molar-refractivity contribution in [1.29, 1.82) is 0 Å². The molecule has 2 fully saturated rings. The molecule has 2 aliphatic heterocycles. The lowest BCUT2D eigenvalue weighted by Gasteiger charge is -2.33. The number of hydrogen-bond acceptors (Lipinski definition) is 4. The molecule has 0 aromatic rings. The number of piperidine rings is 1. The summed E-state index contributed by atoms with van der Waals surface area (Å²) in [5.41, 5.74) is 4.14. The number of carboxylic acids is 1. The molecule has 0 spiro atoms. The van der Waals surface area contributed by atoms with E-state index in [1.807, 2.05) is 0 Å². The zero-order chi connectivity index (χ0) is 15.6. The van der Waals surface area contributed by atoms with Crippen LogP contribution in [0.15, 0.2) is 0 Å². The number of amides is 3. The van der Waals surface area contributed by atoms with Crippen LogP contribution in [0.5, 0.6) is 0 Å². The summed E-state index contributed by atoms with van der Waals surface area (Å²) in [6, 6.07) is -0.878. The van der Waals surface area contributed by atoms with E-state index in [2.05, 4.69) is 5.32 Å². The van der Waals surface area contributed by atoms with Crippen molar-refractivity contribution >= 4 is 17.9 Å². The Kier molecular flexibility index (Phi) is 4.36. The summed E-state index contributed by atoms with van der Waals surface area (Å²) in [7, 11) is 0. The van der Waals surface area contributed by atoms with Gasteiger partial charge >= 0.3 is 12.0 Å². The smallest absolute Gasteiger partial charge is 0.317 e. The first-order chi connectivity index (χ1) is 9.84. The van der Waals surface area contributed by atoms with Crippen LogP contribution in [0.1, 0.15) is 19.8 Å². The Balaban J connectivity index is 1.91. The number of nitrogens with two attached hydrogens (primary N) is 1. The molecule has 0 radical (unpaired) electrons. The molecular formula is C13H21N3O5. The fourth-order valence-electron chi connectivity index (χ4n) is 2.69. The third-order valence-electron chi connectivity index (χ3n) is 4.43. The molecule has 4 N–H and O–H groups in total. The molecule has 0 saturated carbocycles. The van der Waals surface area contributed by atoms with Gasteiger partial charge in [0.15, 0.2) is 0 Å². The molecule has 0 aliphatic carbocycles. The Morgan fingerprint density at radius 2 is 1.95 bits per heavy atom. The van der Waals surface area contributed by atoms with Crippen LogP contribution >= 0.6 is 0 Å². The van der Waals surface area contributed by atoms with E-state index in [0.29, 0.717) is 25.9 Å². The Bertz CT molecular complexity index is 447. The SMILES string of the molecule is CC1(C(=O)O)COCC1NC(=O)N1CCC(C(N)=O)CC1. The molecule has 2 aliphatic rings. The summed E-state index contributed by atoms with van der Waals surface area (Å²) in [6.45, 7) is 2.71. The van der Waals surface area contributed by atoms with E-state index < -0.39 is 17.4 Å². The minimum Gasteiger partial charge on any atom is -0.481 e. The van der Waals surface area contributed by atoms with Gasteiger partial charge in [-0.05, 0) is 19.8 Å². The lowest BCUT2D eigenvalue weighted by Crippen LogP contribution is -2.54.